The molecule has 0 saturated carbocycles. The van der Waals surface area contributed by atoms with Crippen LogP contribution < -0.4 is 5.32 Å². The number of nitrogens with one attached hydrogen (secondary N) is 1. The van der Waals surface area contributed by atoms with Crippen molar-refractivity contribution in [3.05, 3.63) is 67.3 Å². The molecule has 0 radical (unpaired) electrons. The molecule has 6 nitrogen and oxygen atoms in total. The van der Waals surface area contributed by atoms with E-state index in [1.165, 1.54) is 23.1 Å². The maximum atomic E-state index is 12.8. The molecular weight excluding hydrogens is 404 g/mol. The average Bonchev–Trinajstić information content (AvgIpc) is 3.25. The molecule has 0 bridgehead atoms. The van der Waals surface area contributed by atoms with Crippen LogP contribution in [0.25, 0.3) is 10.2 Å². The highest BCUT2D eigenvalue weighted by Gasteiger charge is 2.38. The Labute approximate surface area is 176 Å². The summed E-state index contributed by atoms with van der Waals surface area (Å²) in [4.78, 5) is 35.9. The number of benzene rings is 2. The van der Waals surface area contributed by atoms with Crippen LogP contribution in [0.2, 0.25) is 0 Å². The van der Waals surface area contributed by atoms with Crippen molar-refractivity contribution >= 4 is 61.1 Å². The zero-order valence-electron chi connectivity index (χ0n) is 15.4. The zero-order valence-corrected chi connectivity index (χ0v) is 17.1. The summed E-state index contributed by atoms with van der Waals surface area (Å²) >= 11 is 2.76. The lowest BCUT2D eigenvalue weighted by Crippen LogP contribution is -2.33. The number of para-hydroxylation sites is 2. The number of aliphatic imine (C=N–C) groups is 1. The Morgan fingerprint density at radius 1 is 1.21 bits per heavy atom. The Morgan fingerprint density at radius 2 is 1.97 bits per heavy atom. The lowest BCUT2D eigenvalue weighted by Gasteiger charge is -2.13. The monoisotopic (exact) mass is 422 g/mol. The molecule has 4 rings (SSSR count). The minimum Gasteiger partial charge on any atom is -0.326 e. The fraction of sp³-hybridized carbons (Fsp3) is 0.143. The van der Waals surface area contributed by atoms with Crippen LogP contribution in [0.3, 0.4) is 0 Å². The maximum Gasteiger partial charge on any atom is 0.242 e. The highest BCUT2D eigenvalue weighted by molar-refractivity contribution is 8.15. The van der Waals surface area contributed by atoms with Crippen molar-refractivity contribution in [1.82, 2.24) is 9.88 Å². The van der Waals surface area contributed by atoms with Crippen LogP contribution in [0.4, 0.5) is 10.8 Å². The summed E-state index contributed by atoms with van der Waals surface area (Å²) in [6, 6.07) is 17.0. The Bertz CT molecular complexity index is 1060. The smallest absolute Gasteiger partial charge is 0.242 e. The Balaban J connectivity index is 1.52. The van der Waals surface area contributed by atoms with Crippen LogP contribution in [0.5, 0.6) is 0 Å². The van der Waals surface area contributed by atoms with Crippen molar-refractivity contribution in [3.63, 3.8) is 0 Å². The van der Waals surface area contributed by atoms with Crippen LogP contribution in [-0.4, -0.2) is 38.7 Å². The van der Waals surface area contributed by atoms with E-state index in [9.17, 15) is 9.59 Å². The third kappa shape index (κ3) is 4.38. The van der Waals surface area contributed by atoms with Gasteiger partial charge < -0.3 is 5.32 Å². The maximum absolute atomic E-state index is 12.8. The van der Waals surface area contributed by atoms with E-state index in [1.807, 2.05) is 54.6 Å². The molecule has 146 valence electrons. The lowest BCUT2D eigenvalue weighted by atomic mass is 10.2. The summed E-state index contributed by atoms with van der Waals surface area (Å²) in [5.41, 5.74) is 1.58. The largest absolute Gasteiger partial charge is 0.326 e. The first kappa shape index (κ1) is 19.4. The average molecular weight is 423 g/mol. The van der Waals surface area contributed by atoms with Crippen LogP contribution >= 0.6 is 23.1 Å². The number of carbonyl (C=O) groups excluding carboxylic acids is 2. The number of hydrogen-bond donors (Lipinski definition) is 1. The minimum absolute atomic E-state index is 0.0743. The van der Waals surface area contributed by atoms with Gasteiger partial charge in [0.1, 0.15) is 5.25 Å². The summed E-state index contributed by atoms with van der Waals surface area (Å²) in [5.74, 6) is -0.347. The third-order valence-electron chi connectivity index (χ3n) is 4.23. The molecule has 1 saturated heterocycles. The van der Waals surface area contributed by atoms with Crippen LogP contribution in [0, 0.1) is 0 Å². The van der Waals surface area contributed by atoms with Gasteiger partial charge in [-0.3, -0.25) is 14.5 Å². The molecule has 29 heavy (non-hydrogen) atoms. The van der Waals surface area contributed by atoms with Gasteiger partial charge in [0.05, 0.1) is 10.2 Å². The van der Waals surface area contributed by atoms with Gasteiger partial charge >= 0.3 is 0 Å². The lowest BCUT2D eigenvalue weighted by molar-refractivity contribution is -0.127. The second-order valence-corrected chi connectivity index (χ2v) is 8.50. The molecule has 1 unspecified atom stereocenters. The standard InChI is InChI=1S/C21H18N4O2S2/c1-2-12-25-19(27)17(13-18(26)22-14-8-4-3-5-9-14)29-21(25)24-20-23-15-10-6-7-11-16(15)28-20/h2-11,17H,1,12-13H2,(H,22,26)/b24-21+. The molecular formula is C21H18N4O2S2. The van der Waals surface area contributed by atoms with Gasteiger partial charge in [0.15, 0.2) is 5.17 Å². The van der Waals surface area contributed by atoms with E-state index in [4.69, 9.17) is 0 Å². The first-order valence-corrected chi connectivity index (χ1v) is 10.7. The van der Waals surface area contributed by atoms with E-state index in [0.29, 0.717) is 22.5 Å². The van der Waals surface area contributed by atoms with Crippen LogP contribution in [0.15, 0.2) is 72.2 Å². The number of thiazole rings is 1. The number of fused-ring (bicyclic) bond motifs is 1. The predicted molar refractivity (Wildman–Crippen MR) is 120 cm³/mol. The summed E-state index contributed by atoms with van der Waals surface area (Å²) in [7, 11) is 0. The molecule has 0 aliphatic carbocycles. The molecule has 1 aromatic heterocycles. The van der Waals surface area contributed by atoms with Gasteiger partial charge in [-0.2, -0.15) is 4.99 Å². The van der Waals surface area contributed by atoms with E-state index in [1.54, 1.807) is 11.0 Å². The Morgan fingerprint density at radius 3 is 2.72 bits per heavy atom. The Kier molecular flexibility index (Phi) is 5.73. The highest BCUT2D eigenvalue weighted by atomic mass is 32.2. The zero-order chi connectivity index (χ0) is 20.2. The number of hydrogen-bond acceptors (Lipinski definition) is 6. The molecule has 2 aromatic carbocycles. The quantitative estimate of drug-likeness (QED) is 0.596. The third-order valence-corrected chi connectivity index (χ3v) is 6.34. The molecule has 8 heteroatoms. The Hall–Kier alpha value is -2.97. The molecule has 1 aliphatic rings. The second-order valence-electron chi connectivity index (χ2n) is 6.32. The van der Waals surface area contributed by atoms with Gasteiger partial charge in [0.2, 0.25) is 16.9 Å². The number of aromatic nitrogens is 1. The molecule has 0 spiro atoms. The molecule has 1 N–H and O–H groups in total. The summed E-state index contributed by atoms with van der Waals surface area (Å²) in [6.45, 7) is 4.07. The number of thioether (sulfide) groups is 1. The van der Waals surface area contributed by atoms with Gasteiger partial charge in [-0.1, -0.05) is 59.5 Å². The fourth-order valence-corrected chi connectivity index (χ4v) is 4.96. The van der Waals surface area contributed by atoms with Crippen molar-refractivity contribution in [2.75, 3.05) is 11.9 Å². The van der Waals surface area contributed by atoms with Crippen molar-refractivity contribution in [3.8, 4) is 0 Å². The fourth-order valence-electron chi connectivity index (χ4n) is 2.91. The molecule has 2 heterocycles. The summed E-state index contributed by atoms with van der Waals surface area (Å²) < 4.78 is 1.04. The first-order valence-electron chi connectivity index (χ1n) is 9.02. The SMILES string of the molecule is C=CCN1C(=O)C(CC(=O)Nc2ccccc2)S/C1=N/c1nc2ccccc2s1. The topological polar surface area (TPSA) is 74.7 Å². The van der Waals surface area contributed by atoms with E-state index in [-0.39, 0.29) is 18.2 Å². The van der Waals surface area contributed by atoms with Gasteiger partial charge in [0, 0.05) is 18.7 Å². The number of nitrogens with zero attached hydrogens (tertiary/aromatic N) is 3. The van der Waals surface area contributed by atoms with E-state index < -0.39 is 5.25 Å². The van der Waals surface area contributed by atoms with Crippen molar-refractivity contribution < 1.29 is 9.59 Å². The van der Waals surface area contributed by atoms with E-state index in [2.05, 4.69) is 21.9 Å². The van der Waals surface area contributed by atoms with Crippen LogP contribution in [-0.2, 0) is 9.59 Å². The van der Waals surface area contributed by atoms with Gasteiger partial charge in [0.25, 0.3) is 0 Å². The number of amidine groups is 1. The minimum atomic E-state index is -0.521. The predicted octanol–water partition coefficient (Wildman–Crippen LogP) is 4.44. The molecule has 1 atom stereocenters. The van der Waals surface area contributed by atoms with Crippen LogP contribution in [0.1, 0.15) is 6.42 Å². The summed E-state index contributed by atoms with van der Waals surface area (Å²) in [6.07, 6.45) is 1.73. The summed E-state index contributed by atoms with van der Waals surface area (Å²) in [5, 5.41) is 3.44. The normalized spacial score (nSPS) is 17.8. The molecule has 1 fully saturated rings. The highest BCUT2D eigenvalue weighted by Crippen LogP contribution is 2.34. The molecule has 3 aromatic rings. The number of amides is 2. The van der Waals surface area contributed by atoms with E-state index in [0.717, 1.165) is 10.2 Å². The molecule has 1 aliphatic heterocycles. The van der Waals surface area contributed by atoms with Crippen molar-refractivity contribution in [1.29, 1.82) is 0 Å². The number of anilines is 1. The van der Waals surface area contributed by atoms with Gasteiger partial charge in [-0.25, -0.2) is 4.98 Å². The van der Waals surface area contributed by atoms with E-state index >= 15 is 0 Å². The van der Waals surface area contributed by atoms with Crippen molar-refractivity contribution in [2.45, 2.75) is 11.7 Å². The molecule has 2 amide bonds. The van der Waals surface area contributed by atoms with Gasteiger partial charge in [-0.05, 0) is 24.3 Å². The number of carbonyl (C=O) groups is 2. The second kappa shape index (κ2) is 8.59. The number of rotatable bonds is 6. The van der Waals surface area contributed by atoms with Crippen molar-refractivity contribution in [2.24, 2.45) is 4.99 Å². The van der Waals surface area contributed by atoms with Gasteiger partial charge in [-0.15, -0.1) is 6.58 Å². The first-order chi connectivity index (χ1) is 14.1.